The van der Waals surface area contributed by atoms with Crippen molar-refractivity contribution in [1.29, 1.82) is 0 Å². The van der Waals surface area contributed by atoms with Gasteiger partial charge in [-0.3, -0.25) is 0 Å². The predicted molar refractivity (Wildman–Crippen MR) is 116 cm³/mol. The van der Waals surface area contributed by atoms with Crippen LogP contribution in [0.5, 0.6) is 11.5 Å². The van der Waals surface area contributed by atoms with Crippen molar-refractivity contribution < 1.29 is 43.4 Å². The normalized spacial score (nSPS) is 28.3. The third kappa shape index (κ3) is 4.05. The van der Waals surface area contributed by atoms with Crippen LogP contribution in [0.2, 0.25) is 0 Å². The lowest BCUT2D eigenvalue weighted by atomic mass is 9.84. The Kier molecular flexibility index (Phi) is 6.47. The Morgan fingerprint density at radius 1 is 0.912 bits per heavy atom. The molecule has 0 aromatic heterocycles. The Hall–Kier alpha value is -2.30. The van der Waals surface area contributed by atoms with Crippen molar-refractivity contribution >= 4 is 0 Å². The van der Waals surface area contributed by atoms with Crippen LogP contribution in [0.1, 0.15) is 52.3 Å². The highest BCUT2D eigenvalue weighted by atomic mass is 19.3. The highest BCUT2D eigenvalue weighted by Crippen LogP contribution is 2.43. The smallest absolute Gasteiger partial charge is 0.264 e. The number of fused-ring (bicyclic) bond motifs is 2. The largest absolute Gasteiger partial charge is 0.486 e. The molecule has 1 aliphatic carbocycles. The lowest BCUT2D eigenvalue weighted by Crippen LogP contribution is -2.55. The van der Waals surface area contributed by atoms with Gasteiger partial charge >= 0.3 is 0 Å². The van der Waals surface area contributed by atoms with Gasteiger partial charge in [0.2, 0.25) is 0 Å². The van der Waals surface area contributed by atoms with E-state index in [0.29, 0.717) is 66.2 Å². The number of benzene rings is 2. The second kappa shape index (κ2) is 9.39. The molecule has 1 saturated heterocycles. The molecule has 9 heteroatoms. The SMILES string of the molecule is OC[C@H]1O[C@@H](c2cc(Cc3ccc4c(c3)OCCO4)c(C(F)F)c3c2CCC3)[C@H](O)[C@@H](O)[C@@H]1O. The van der Waals surface area contributed by atoms with Gasteiger partial charge in [-0.1, -0.05) is 12.1 Å². The molecule has 5 atom stereocenters. The van der Waals surface area contributed by atoms with Gasteiger partial charge in [0, 0.05) is 5.56 Å². The molecule has 2 aromatic carbocycles. The summed E-state index contributed by atoms with van der Waals surface area (Å²) in [5.74, 6) is 1.18. The number of hydrogen-bond donors (Lipinski definition) is 4. The third-order valence-corrected chi connectivity index (χ3v) is 6.99. The second-order valence-corrected chi connectivity index (χ2v) is 9.05. The fourth-order valence-corrected chi connectivity index (χ4v) is 5.35. The van der Waals surface area contributed by atoms with Gasteiger partial charge in [-0.05, 0) is 65.6 Å². The van der Waals surface area contributed by atoms with Crippen molar-refractivity contribution in [3.05, 3.63) is 57.6 Å². The van der Waals surface area contributed by atoms with E-state index in [2.05, 4.69) is 0 Å². The number of aliphatic hydroxyl groups excluding tert-OH is 4. The molecule has 0 unspecified atom stereocenters. The lowest BCUT2D eigenvalue weighted by molar-refractivity contribution is -0.231. The second-order valence-electron chi connectivity index (χ2n) is 9.05. The van der Waals surface area contributed by atoms with E-state index in [1.807, 2.05) is 6.07 Å². The van der Waals surface area contributed by atoms with Crippen LogP contribution < -0.4 is 9.47 Å². The Labute approximate surface area is 195 Å². The average molecular weight is 478 g/mol. The minimum Gasteiger partial charge on any atom is -0.486 e. The molecule has 184 valence electrons. The van der Waals surface area contributed by atoms with Gasteiger partial charge in [0.25, 0.3) is 6.43 Å². The molecule has 0 spiro atoms. The molecule has 0 amide bonds. The number of aliphatic hydroxyl groups is 4. The first-order valence-electron chi connectivity index (χ1n) is 11.5. The fourth-order valence-electron chi connectivity index (χ4n) is 5.35. The summed E-state index contributed by atoms with van der Waals surface area (Å²) in [4.78, 5) is 0. The zero-order valence-corrected chi connectivity index (χ0v) is 18.5. The Morgan fingerprint density at radius 2 is 1.65 bits per heavy atom. The maximum atomic E-state index is 14.3. The van der Waals surface area contributed by atoms with Crippen LogP contribution in [-0.4, -0.2) is 64.7 Å². The molecule has 1 fully saturated rings. The van der Waals surface area contributed by atoms with Crippen LogP contribution in [-0.2, 0) is 24.0 Å². The summed E-state index contributed by atoms with van der Waals surface area (Å²) < 4.78 is 45.6. The maximum absolute atomic E-state index is 14.3. The van der Waals surface area contributed by atoms with E-state index in [-0.39, 0.29) is 12.0 Å². The monoisotopic (exact) mass is 478 g/mol. The van der Waals surface area contributed by atoms with E-state index in [4.69, 9.17) is 14.2 Å². The Bertz CT molecular complexity index is 1060. The molecule has 2 aliphatic heterocycles. The van der Waals surface area contributed by atoms with Crippen molar-refractivity contribution in [2.24, 2.45) is 0 Å². The van der Waals surface area contributed by atoms with Crippen molar-refractivity contribution in [3.63, 3.8) is 0 Å². The standard InChI is InChI=1S/C25H28F2O7/c26-25(27)20-13(8-12-4-5-17-18(9-12)33-7-6-32-17)10-16(14-2-1-3-15(14)20)24-23(31)22(30)21(29)19(11-28)34-24/h4-5,9-10,19,21-25,28-31H,1-3,6-8,11H2/t19-,21-,22+,23-,24+/m1/s1. The summed E-state index contributed by atoms with van der Waals surface area (Å²) in [7, 11) is 0. The van der Waals surface area contributed by atoms with Gasteiger partial charge in [0.15, 0.2) is 11.5 Å². The van der Waals surface area contributed by atoms with Gasteiger partial charge in [-0.2, -0.15) is 0 Å². The van der Waals surface area contributed by atoms with Gasteiger partial charge in [-0.15, -0.1) is 0 Å². The molecule has 0 bridgehead atoms. The third-order valence-electron chi connectivity index (χ3n) is 6.99. The van der Waals surface area contributed by atoms with E-state index in [1.54, 1.807) is 18.2 Å². The Morgan fingerprint density at radius 3 is 2.38 bits per heavy atom. The van der Waals surface area contributed by atoms with Crippen molar-refractivity contribution in [2.75, 3.05) is 19.8 Å². The number of alkyl halides is 2. The van der Waals surface area contributed by atoms with Crippen LogP contribution in [0.15, 0.2) is 24.3 Å². The molecule has 7 nitrogen and oxygen atoms in total. The summed E-state index contributed by atoms with van der Waals surface area (Å²) >= 11 is 0. The van der Waals surface area contributed by atoms with Crippen molar-refractivity contribution in [1.82, 2.24) is 0 Å². The molecule has 0 radical (unpaired) electrons. The van der Waals surface area contributed by atoms with E-state index in [1.165, 1.54) is 0 Å². The van der Waals surface area contributed by atoms with Gasteiger partial charge in [0.05, 0.1) is 6.61 Å². The van der Waals surface area contributed by atoms with Crippen molar-refractivity contribution in [3.8, 4) is 11.5 Å². The van der Waals surface area contributed by atoms with E-state index >= 15 is 0 Å². The minimum atomic E-state index is -2.68. The molecular weight excluding hydrogens is 450 g/mol. The van der Waals surface area contributed by atoms with Crippen molar-refractivity contribution in [2.45, 2.75) is 62.6 Å². The summed E-state index contributed by atoms with van der Waals surface area (Å²) in [5.41, 5.74) is 2.92. The highest BCUT2D eigenvalue weighted by molar-refractivity contribution is 5.53. The molecule has 3 aliphatic rings. The maximum Gasteiger partial charge on any atom is 0.264 e. The predicted octanol–water partition coefficient (Wildman–Crippen LogP) is 1.99. The van der Waals surface area contributed by atoms with Crippen LogP contribution >= 0.6 is 0 Å². The van der Waals surface area contributed by atoms with Gasteiger partial charge < -0.3 is 34.6 Å². The van der Waals surface area contributed by atoms with Gasteiger partial charge in [0.1, 0.15) is 43.7 Å². The number of halogens is 2. The quantitative estimate of drug-likeness (QED) is 0.521. The minimum absolute atomic E-state index is 0.00395. The number of rotatable bonds is 5. The Balaban J connectivity index is 1.58. The molecule has 5 rings (SSSR count). The van der Waals surface area contributed by atoms with Crippen LogP contribution in [0.4, 0.5) is 8.78 Å². The molecule has 2 heterocycles. The summed E-state index contributed by atoms with van der Waals surface area (Å²) in [6, 6.07) is 6.97. The average Bonchev–Trinajstić information content (AvgIpc) is 3.32. The molecular formula is C25H28F2O7. The zero-order chi connectivity index (χ0) is 24.0. The van der Waals surface area contributed by atoms with Crippen LogP contribution in [0.3, 0.4) is 0 Å². The first-order chi connectivity index (χ1) is 16.4. The topological polar surface area (TPSA) is 109 Å². The lowest BCUT2D eigenvalue weighted by Gasteiger charge is -2.41. The highest BCUT2D eigenvalue weighted by Gasteiger charge is 2.45. The van der Waals surface area contributed by atoms with Gasteiger partial charge in [-0.25, -0.2) is 8.78 Å². The number of hydrogen-bond acceptors (Lipinski definition) is 7. The van der Waals surface area contributed by atoms with E-state index in [9.17, 15) is 29.2 Å². The molecule has 34 heavy (non-hydrogen) atoms. The number of ether oxygens (including phenoxy) is 3. The summed E-state index contributed by atoms with van der Waals surface area (Å²) in [5, 5.41) is 40.8. The van der Waals surface area contributed by atoms with E-state index in [0.717, 1.165) is 5.56 Å². The first kappa shape index (κ1) is 23.4. The van der Waals surface area contributed by atoms with E-state index < -0.39 is 43.6 Å². The molecule has 2 aromatic rings. The summed E-state index contributed by atoms with van der Waals surface area (Å²) in [6.45, 7) is 0.316. The van der Waals surface area contributed by atoms with Crippen LogP contribution in [0.25, 0.3) is 0 Å². The zero-order valence-electron chi connectivity index (χ0n) is 18.5. The molecule has 4 N–H and O–H groups in total. The molecule has 0 saturated carbocycles. The van der Waals surface area contributed by atoms with Crippen LogP contribution in [0, 0.1) is 0 Å². The fraction of sp³-hybridized carbons (Fsp3) is 0.520. The first-order valence-corrected chi connectivity index (χ1v) is 11.5. The summed E-state index contributed by atoms with van der Waals surface area (Å²) in [6.07, 6.45) is -7.39.